The van der Waals surface area contributed by atoms with Crippen LogP contribution in [0.2, 0.25) is 0 Å². The van der Waals surface area contributed by atoms with E-state index >= 15 is 0 Å². The molecule has 1 N–H and O–H groups in total. The molecule has 0 bridgehead atoms. The molecule has 2 aromatic rings. The lowest BCUT2D eigenvalue weighted by molar-refractivity contribution is -0.145. The number of carbonyl (C=O) groups is 1. The van der Waals surface area contributed by atoms with Crippen LogP contribution in [0.25, 0.3) is 10.8 Å². The van der Waals surface area contributed by atoms with Gasteiger partial charge < -0.3 is 14.6 Å². The summed E-state index contributed by atoms with van der Waals surface area (Å²) in [5, 5.41) is 11.3. The highest BCUT2D eigenvalue weighted by Gasteiger charge is 2.17. The fourth-order valence-electron chi connectivity index (χ4n) is 2.23. The van der Waals surface area contributed by atoms with E-state index in [1.165, 1.54) is 0 Å². The number of hydrogen-bond acceptors (Lipinski definition) is 4. The van der Waals surface area contributed by atoms with Crippen molar-refractivity contribution < 1.29 is 19.4 Å². The third-order valence-electron chi connectivity index (χ3n) is 3.70. The topological polar surface area (TPSA) is 55.8 Å². The Balaban J connectivity index is 2.11. The number of benzene rings is 2. The summed E-state index contributed by atoms with van der Waals surface area (Å²) in [4.78, 5) is 12.0. The average molecular weight is 302 g/mol. The number of aliphatic hydroxyl groups is 1. The molecule has 0 aliphatic rings. The first-order valence-electron chi connectivity index (χ1n) is 7.43. The molecule has 4 nitrogen and oxygen atoms in total. The van der Waals surface area contributed by atoms with Gasteiger partial charge >= 0.3 is 5.97 Å². The van der Waals surface area contributed by atoms with E-state index in [0.29, 0.717) is 6.42 Å². The van der Waals surface area contributed by atoms with E-state index in [9.17, 15) is 9.90 Å². The molecule has 0 radical (unpaired) electrons. The van der Waals surface area contributed by atoms with E-state index in [2.05, 4.69) is 0 Å². The summed E-state index contributed by atoms with van der Waals surface area (Å²) >= 11 is 0. The average Bonchev–Trinajstić information content (AvgIpc) is 2.52. The first-order valence-corrected chi connectivity index (χ1v) is 7.43. The lowest BCUT2D eigenvalue weighted by atomic mass is 9.98. The Labute approximate surface area is 130 Å². The van der Waals surface area contributed by atoms with Gasteiger partial charge in [-0.05, 0) is 42.3 Å². The normalized spacial score (nSPS) is 13.6. The fraction of sp³-hybridized carbons (Fsp3) is 0.389. The standard InChI is InChI=1S/C18H22O4/c1-12(19)8-9-22-18(20)13(2)14-4-5-16-11-17(21-3)7-6-15(16)10-14/h4-7,10-13,19H,8-9H2,1-3H3/t12?,13-/m0/s1. The summed E-state index contributed by atoms with van der Waals surface area (Å²) in [6.45, 7) is 3.75. The summed E-state index contributed by atoms with van der Waals surface area (Å²) in [5.74, 6) is 0.208. The number of ether oxygens (including phenoxy) is 2. The lowest BCUT2D eigenvalue weighted by Crippen LogP contribution is -2.16. The van der Waals surface area contributed by atoms with Crippen LogP contribution >= 0.6 is 0 Å². The highest BCUT2D eigenvalue weighted by Crippen LogP contribution is 2.25. The highest BCUT2D eigenvalue weighted by atomic mass is 16.5. The number of esters is 1. The maximum absolute atomic E-state index is 12.0. The van der Waals surface area contributed by atoms with E-state index < -0.39 is 6.10 Å². The van der Waals surface area contributed by atoms with Crippen molar-refractivity contribution in [1.82, 2.24) is 0 Å². The molecule has 1 unspecified atom stereocenters. The Hall–Kier alpha value is -2.07. The SMILES string of the molecule is COc1ccc2cc([C@H](C)C(=O)OCCC(C)O)ccc2c1. The van der Waals surface area contributed by atoms with Crippen LogP contribution in [-0.4, -0.2) is 30.9 Å². The van der Waals surface area contributed by atoms with Crippen molar-refractivity contribution in [2.24, 2.45) is 0 Å². The van der Waals surface area contributed by atoms with Gasteiger partial charge in [-0.3, -0.25) is 4.79 Å². The predicted octanol–water partition coefficient (Wildman–Crippen LogP) is 3.27. The fourth-order valence-corrected chi connectivity index (χ4v) is 2.23. The minimum absolute atomic E-state index is 0.242. The first-order chi connectivity index (χ1) is 10.5. The zero-order valence-corrected chi connectivity index (χ0v) is 13.2. The van der Waals surface area contributed by atoms with Gasteiger partial charge in [-0.1, -0.05) is 24.3 Å². The number of rotatable bonds is 6. The molecule has 0 spiro atoms. The van der Waals surface area contributed by atoms with Crippen LogP contribution in [0.3, 0.4) is 0 Å². The third-order valence-corrected chi connectivity index (χ3v) is 3.70. The van der Waals surface area contributed by atoms with Crippen LogP contribution in [0.5, 0.6) is 5.75 Å². The second kappa shape index (κ2) is 7.27. The molecule has 22 heavy (non-hydrogen) atoms. The van der Waals surface area contributed by atoms with Crippen molar-refractivity contribution in [3.63, 3.8) is 0 Å². The van der Waals surface area contributed by atoms with Crippen molar-refractivity contribution >= 4 is 16.7 Å². The predicted molar refractivity (Wildman–Crippen MR) is 86.2 cm³/mol. The Morgan fingerprint density at radius 2 is 1.82 bits per heavy atom. The maximum atomic E-state index is 12.0. The molecule has 2 atom stereocenters. The zero-order chi connectivity index (χ0) is 16.1. The maximum Gasteiger partial charge on any atom is 0.313 e. The van der Waals surface area contributed by atoms with Crippen molar-refractivity contribution in [3.8, 4) is 5.75 Å². The first kappa shape index (κ1) is 16.3. The molecule has 0 fully saturated rings. The van der Waals surface area contributed by atoms with Gasteiger partial charge in [-0.2, -0.15) is 0 Å². The zero-order valence-electron chi connectivity index (χ0n) is 13.2. The van der Waals surface area contributed by atoms with Crippen LogP contribution in [-0.2, 0) is 9.53 Å². The Kier molecular flexibility index (Phi) is 5.39. The molecule has 0 aliphatic carbocycles. The summed E-state index contributed by atoms with van der Waals surface area (Å²) in [5.41, 5.74) is 0.916. The van der Waals surface area contributed by atoms with E-state index in [1.54, 1.807) is 14.0 Å². The molecular weight excluding hydrogens is 280 g/mol. The summed E-state index contributed by atoms with van der Waals surface area (Å²) in [6.07, 6.45) is -0.00515. The molecule has 4 heteroatoms. The Morgan fingerprint density at radius 1 is 1.14 bits per heavy atom. The van der Waals surface area contributed by atoms with E-state index in [4.69, 9.17) is 9.47 Å². The van der Waals surface area contributed by atoms with E-state index in [1.807, 2.05) is 43.3 Å². The molecule has 0 aliphatic heterocycles. The van der Waals surface area contributed by atoms with Gasteiger partial charge in [0.1, 0.15) is 5.75 Å². The largest absolute Gasteiger partial charge is 0.497 e. The second-order valence-electron chi connectivity index (χ2n) is 5.50. The molecule has 0 saturated carbocycles. The number of methoxy groups -OCH3 is 1. The molecule has 2 aromatic carbocycles. The molecule has 0 aromatic heterocycles. The monoisotopic (exact) mass is 302 g/mol. The Morgan fingerprint density at radius 3 is 2.50 bits per heavy atom. The van der Waals surface area contributed by atoms with Crippen molar-refractivity contribution in [2.45, 2.75) is 32.3 Å². The minimum atomic E-state index is -0.459. The van der Waals surface area contributed by atoms with Gasteiger partial charge in [0.2, 0.25) is 0 Å². The van der Waals surface area contributed by atoms with Crippen LogP contribution in [0, 0.1) is 0 Å². The van der Waals surface area contributed by atoms with Gasteiger partial charge in [0.15, 0.2) is 0 Å². The minimum Gasteiger partial charge on any atom is -0.497 e. The van der Waals surface area contributed by atoms with Crippen LogP contribution in [0.15, 0.2) is 36.4 Å². The number of hydrogen-bond donors (Lipinski definition) is 1. The van der Waals surface area contributed by atoms with Gasteiger partial charge in [0, 0.05) is 6.42 Å². The quantitative estimate of drug-likeness (QED) is 0.832. The number of fused-ring (bicyclic) bond motifs is 1. The molecule has 0 saturated heterocycles. The van der Waals surface area contributed by atoms with Crippen LogP contribution in [0.4, 0.5) is 0 Å². The summed E-state index contributed by atoms with van der Waals surface area (Å²) in [7, 11) is 1.64. The van der Waals surface area contributed by atoms with Crippen molar-refractivity contribution in [2.75, 3.05) is 13.7 Å². The number of aliphatic hydroxyl groups excluding tert-OH is 1. The number of carbonyl (C=O) groups excluding carboxylic acids is 1. The van der Waals surface area contributed by atoms with Crippen molar-refractivity contribution in [1.29, 1.82) is 0 Å². The molecule has 2 rings (SSSR count). The lowest BCUT2D eigenvalue weighted by Gasteiger charge is -2.13. The van der Waals surface area contributed by atoms with Gasteiger partial charge in [0.05, 0.1) is 25.7 Å². The van der Waals surface area contributed by atoms with Crippen LogP contribution < -0.4 is 4.74 Å². The second-order valence-corrected chi connectivity index (χ2v) is 5.50. The highest BCUT2D eigenvalue weighted by molar-refractivity contribution is 5.86. The summed E-state index contributed by atoms with van der Waals surface area (Å²) in [6, 6.07) is 11.7. The molecule has 0 heterocycles. The molecule has 118 valence electrons. The van der Waals surface area contributed by atoms with Gasteiger partial charge in [-0.25, -0.2) is 0 Å². The third kappa shape index (κ3) is 3.98. The van der Waals surface area contributed by atoms with Crippen molar-refractivity contribution in [3.05, 3.63) is 42.0 Å². The van der Waals surface area contributed by atoms with Gasteiger partial charge in [-0.15, -0.1) is 0 Å². The smallest absolute Gasteiger partial charge is 0.313 e. The summed E-state index contributed by atoms with van der Waals surface area (Å²) < 4.78 is 10.4. The van der Waals surface area contributed by atoms with Gasteiger partial charge in [0.25, 0.3) is 0 Å². The Bertz CT molecular complexity index is 649. The molecular formula is C18H22O4. The van der Waals surface area contributed by atoms with E-state index in [0.717, 1.165) is 22.1 Å². The van der Waals surface area contributed by atoms with E-state index in [-0.39, 0.29) is 18.5 Å². The molecule has 0 amide bonds. The van der Waals surface area contributed by atoms with Crippen LogP contribution in [0.1, 0.15) is 31.7 Å².